The topological polar surface area (TPSA) is 15.3 Å². The fraction of sp³-hybridized carbons (Fsp3) is 1.00. The molecule has 0 spiro atoms. The van der Waals surface area contributed by atoms with Crippen LogP contribution in [0.5, 0.6) is 0 Å². The molecule has 2 atom stereocenters. The van der Waals surface area contributed by atoms with Gasteiger partial charge in [-0.3, -0.25) is 4.90 Å². The van der Waals surface area contributed by atoms with Gasteiger partial charge in [0.15, 0.2) is 0 Å². The lowest BCUT2D eigenvalue weighted by atomic mass is 10.1. The zero-order valence-corrected chi connectivity index (χ0v) is 9.86. The SMILES string of the molecule is CCCCN1[C@H](C)CNC[C@@H]1C.Cl. The molecule has 1 heterocycles. The van der Waals surface area contributed by atoms with E-state index in [1.807, 2.05) is 0 Å². The summed E-state index contributed by atoms with van der Waals surface area (Å²) in [6.07, 6.45) is 2.65. The summed E-state index contributed by atoms with van der Waals surface area (Å²) in [5.41, 5.74) is 0. The van der Waals surface area contributed by atoms with Crippen molar-refractivity contribution in [1.29, 1.82) is 0 Å². The number of nitrogens with one attached hydrogen (secondary N) is 1. The first-order valence-corrected chi connectivity index (χ1v) is 5.22. The van der Waals surface area contributed by atoms with Crippen LogP contribution in [-0.2, 0) is 0 Å². The van der Waals surface area contributed by atoms with Crippen LogP contribution in [0.2, 0.25) is 0 Å². The summed E-state index contributed by atoms with van der Waals surface area (Å²) in [6, 6.07) is 1.44. The molecule has 0 radical (unpaired) electrons. The van der Waals surface area contributed by atoms with Gasteiger partial charge in [0.05, 0.1) is 0 Å². The van der Waals surface area contributed by atoms with Crippen molar-refractivity contribution in [2.24, 2.45) is 0 Å². The van der Waals surface area contributed by atoms with Crippen LogP contribution in [0.25, 0.3) is 0 Å². The van der Waals surface area contributed by atoms with Gasteiger partial charge in [0, 0.05) is 25.2 Å². The third-order valence-electron chi connectivity index (χ3n) is 2.78. The molecule has 0 amide bonds. The normalized spacial score (nSPS) is 29.8. The molecule has 0 aliphatic carbocycles. The van der Waals surface area contributed by atoms with Gasteiger partial charge in [-0.05, 0) is 26.8 Å². The summed E-state index contributed by atoms with van der Waals surface area (Å²) >= 11 is 0. The second-order valence-electron chi connectivity index (χ2n) is 3.95. The van der Waals surface area contributed by atoms with E-state index in [2.05, 4.69) is 31.0 Å². The van der Waals surface area contributed by atoms with Crippen molar-refractivity contribution in [2.45, 2.75) is 45.7 Å². The maximum Gasteiger partial charge on any atom is 0.0195 e. The van der Waals surface area contributed by atoms with Crippen molar-refractivity contribution in [2.75, 3.05) is 19.6 Å². The Morgan fingerprint density at radius 3 is 2.23 bits per heavy atom. The van der Waals surface area contributed by atoms with Crippen LogP contribution >= 0.6 is 12.4 Å². The molecule has 1 N–H and O–H groups in total. The molecular formula is C10H23ClN2. The second-order valence-corrected chi connectivity index (χ2v) is 3.95. The second kappa shape index (κ2) is 6.63. The highest BCUT2D eigenvalue weighted by Gasteiger charge is 2.22. The van der Waals surface area contributed by atoms with Crippen molar-refractivity contribution in [3.63, 3.8) is 0 Å². The molecule has 3 heteroatoms. The Kier molecular flexibility index (Phi) is 6.74. The van der Waals surface area contributed by atoms with Crippen molar-refractivity contribution in [3.8, 4) is 0 Å². The molecule has 1 rings (SSSR count). The van der Waals surface area contributed by atoms with E-state index in [9.17, 15) is 0 Å². The minimum Gasteiger partial charge on any atom is -0.314 e. The van der Waals surface area contributed by atoms with Crippen LogP contribution in [0.1, 0.15) is 33.6 Å². The molecule has 0 aromatic heterocycles. The van der Waals surface area contributed by atoms with E-state index in [4.69, 9.17) is 0 Å². The molecule has 0 unspecified atom stereocenters. The molecule has 0 aromatic rings. The minimum absolute atomic E-state index is 0. The summed E-state index contributed by atoms with van der Waals surface area (Å²) in [5, 5.41) is 3.45. The number of piperazine rings is 1. The van der Waals surface area contributed by atoms with Gasteiger partial charge in [0.2, 0.25) is 0 Å². The number of unbranched alkanes of at least 4 members (excludes halogenated alkanes) is 1. The van der Waals surface area contributed by atoms with Crippen LogP contribution in [0.3, 0.4) is 0 Å². The van der Waals surface area contributed by atoms with Gasteiger partial charge in [0.1, 0.15) is 0 Å². The zero-order valence-electron chi connectivity index (χ0n) is 9.05. The Bertz CT molecular complexity index is 120. The number of hydrogen-bond donors (Lipinski definition) is 1. The van der Waals surface area contributed by atoms with Crippen LogP contribution in [0, 0.1) is 0 Å². The van der Waals surface area contributed by atoms with Gasteiger partial charge in [-0.25, -0.2) is 0 Å². The molecule has 2 nitrogen and oxygen atoms in total. The summed E-state index contributed by atoms with van der Waals surface area (Å²) in [4.78, 5) is 2.62. The van der Waals surface area contributed by atoms with Crippen LogP contribution in [-0.4, -0.2) is 36.6 Å². The number of halogens is 1. The lowest BCUT2D eigenvalue weighted by molar-refractivity contribution is 0.115. The van der Waals surface area contributed by atoms with Gasteiger partial charge in [-0.2, -0.15) is 0 Å². The van der Waals surface area contributed by atoms with Crippen molar-refractivity contribution in [1.82, 2.24) is 10.2 Å². The quantitative estimate of drug-likeness (QED) is 0.759. The van der Waals surface area contributed by atoms with E-state index in [0.717, 1.165) is 25.2 Å². The highest BCUT2D eigenvalue weighted by Crippen LogP contribution is 2.10. The molecule has 1 saturated heterocycles. The molecule has 1 fully saturated rings. The predicted molar refractivity (Wildman–Crippen MR) is 60.7 cm³/mol. The van der Waals surface area contributed by atoms with Gasteiger partial charge in [-0.15, -0.1) is 12.4 Å². The number of hydrogen-bond acceptors (Lipinski definition) is 2. The first kappa shape index (κ1) is 13.2. The average Bonchev–Trinajstić information content (AvgIpc) is 2.04. The molecule has 13 heavy (non-hydrogen) atoms. The van der Waals surface area contributed by atoms with Crippen LogP contribution < -0.4 is 5.32 Å². The van der Waals surface area contributed by atoms with Gasteiger partial charge < -0.3 is 5.32 Å². The van der Waals surface area contributed by atoms with Crippen LogP contribution in [0.4, 0.5) is 0 Å². The maximum atomic E-state index is 3.45. The largest absolute Gasteiger partial charge is 0.314 e. The Morgan fingerprint density at radius 2 is 1.77 bits per heavy atom. The Hall–Kier alpha value is 0.210. The predicted octanol–water partition coefficient (Wildman–Crippen LogP) is 1.89. The molecule has 0 bridgehead atoms. The molecule has 0 aromatic carbocycles. The standard InChI is InChI=1S/C10H22N2.ClH/c1-4-5-6-12-9(2)7-11-8-10(12)3;/h9-11H,4-8H2,1-3H3;1H/t9-,10+;. The van der Waals surface area contributed by atoms with E-state index >= 15 is 0 Å². The highest BCUT2D eigenvalue weighted by atomic mass is 35.5. The van der Waals surface area contributed by atoms with Crippen molar-refractivity contribution >= 4 is 12.4 Å². The summed E-state index contributed by atoms with van der Waals surface area (Å²) in [7, 11) is 0. The summed E-state index contributed by atoms with van der Waals surface area (Å²) in [5.74, 6) is 0. The van der Waals surface area contributed by atoms with E-state index in [-0.39, 0.29) is 12.4 Å². The third kappa shape index (κ3) is 3.84. The molecule has 0 saturated carbocycles. The monoisotopic (exact) mass is 206 g/mol. The Labute approximate surface area is 88.5 Å². The minimum atomic E-state index is 0. The highest BCUT2D eigenvalue weighted by molar-refractivity contribution is 5.85. The number of nitrogens with zero attached hydrogens (tertiary/aromatic N) is 1. The lowest BCUT2D eigenvalue weighted by Gasteiger charge is -2.39. The first-order valence-electron chi connectivity index (χ1n) is 5.22. The van der Waals surface area contributed by atoms with E-state index in [1.54, 1.807) is 0 Å². The maximum absolute atomic E-state index is 3.45. The summed E-state index contributed by atoms with van der Waals surface area (Å²) < 4.78 is 0. The number of rotatable bonds is 3. The summed E-state index contributed by atoms with van der Waals surface area (Å²) in [6.45, 7) is 10.5. The smallest absolute Gasteiger partial charge is 0.0195 e. The fourth-order valence-electron chi connectivity index (χ4n) is 1.95. The molecule has 1 aliphatic rings. The van der Waals surface area contributed by atoms with Gasteiger partial charge >= 0.3 is 0 Å². The van der Waals surface area contributed by atoms with Crippen molar-refractivity contribution in [3.05, 3.63) is 0 Å². The molecular weight excluding hydrogens is 184 g/mol. The van der Waals surface area contributed by atoms with E-state index in [0.29, 0.717) is 0 Å². The van der Waals surface area contributed by atoms with Gasteiger partial charge in [0.25, 0.3) is 0 Å². The molecule has 1 aliphatic heterocycles. The zero-order chi connectivity index (χ0) is 8.97. The lowest BCUT2D eigenvalue weighted by Crippen LogP contribution is -2.55. The third-order valence-corrected chi connectivity index (χ3v) is 2.78. The van der Waals surface area contributed by atoms with E-state index < -0.39 is 0 Å². The Balaban J connectivity index is 0.00000144. The average molecular weight is 207 g/mol. The first-order chi connectivity index (χ1) is 5.75. The fourth-order valence-corrected chi connectivity index (χ4v) is 1.95. The Morgan fingerprint density at radius 1 is 1.23 bits per heavy atom. The van der Waals surface area contributed by atoms with E-state index in [1.165, 1.54) is 19.4 Å². The van der Waals surface area contributed by atoms with Crippen LogP contribution in [0.15, 0.2) is 0 Å². The van der Waals surface area contributed by atoms with Gasteiger partial charge in [-0.1, -0.05) is 13.3 Å². The molecule has 80 valence electrons. The van der Waals surface area contributed by atoms with Crippen molar-refractivity contribution < 1.29 is 0 Å².